The summed E-state index contributed by atoms with van der Waals surface area (Å²) in [6, 6.07) is 15.8. The highest BCUT2D eigenvalue weighted by atomic mass is 79.9. The van der Waals surface area contributed by atoms with Crippen molar-refractivity contribution in [3.05, 3.63) is 98.5 Å². The number of carbonyl (C=O) groups excluding carboxylic acids is 4. The second-order valence-corrected chi connectivity index (χ2v) is 17.5. The van der Waals surface area contributed by atoms with Crippen LogP contribution < -0.4 is 9.80 Å². The molecule has 4 heterocycles. The van der Waals surface area contributed by atoms with Gasteiger partial charge in [0, 0.05) is 44.9 Å². The number of allylic oxidation sites excluding steroid dienone is 2. The van der Waals surface area contributed by atoms with Gasteiger partial charge in [0.25, 0.3) is 0 Å². The van der Waals surface area contributed by atoms with Gasteiger partial charge in [-0.15, -0.1) is 11.3 Å². The molecule has 0 radical (unpaired) electrons. The minimum atomic E-state index is -1.41. The molecule has 0 bridgehead atoms. The van der Waals surface area contributed by atoms with Crippen LogP contribution in [0.2, 0.25) is 5.02 Å². The minimum absolute atomic E-state index is 0.0301. The number of thiophene rings is 1. The van der Waals surface area contributed by atoms with Crippen molar-refractivity contribution >= 4 is 90.1 Å². The summed E-state index contributed by atoms with van der Waals surface area (Å²) in [5.74, 6) is -8.00. The molecule has 2 aliphatic carbocycles. The predicted octanol–water partition coefficient (Wildman–Crippen LogP) is 7.57. The molecule has 4 amide bonds. The first-order valence-corrected chi connectivity index (χ1v) is 19.8. The molecule has 5 aromatic rings. The van der Waals surface area contributed by atoms with Crippen LogP contribution >= 0.6 is 38.9 Å². The summed E-state index contributed by atoms with van der Waals surface area (Å²) in [5, 5.41) is 37.6. The third-order valence-corrected chi connectivity index (χ3v) is 14.3. The molecule has 284 valence electrons. The lowest BCUT2D eigenvalue weighted by Gasteiger charge is -2.49. The first kappa shape index (κ1) is 36.3. The zero-order chi connectivity index (χ0) is 39.7. The van der Waals surface area contributed by atoms with Crippen molar-refractivity contribution < 1.29 is 39.3 Å². The molecule has 0 spiro atoms. The van der Waals surface area contributed by atoms with Gasteiger partial charge in [-0.05, 0) is 92.1 Å². The maximum atomic E-state index is 15.1. The van der Waals surface area contributed by atoms with Gasteiger partial charge in [0.2, 0.25) is 23.6 Å². The van der Waals surface area contributed by atoms with Crippen molar-refractivity contribution in [2.75, 3.05) is 9.80 Å². The van der Waals surface area contributed by atoms with Crippen molar-refractivity contribution in [3.63, 3.8) is 0 Å². The van der Waals surface area contributed by atoms with Crippen LogP contribution in [0.4, 0.5) is 11.5 Å². The number of hydrogen-bond donors (Lipinski definition) is 3. The summed E-state index contributed by atoms with van der Waals surface area (Å²) < 4.78 is 3.16. The Bertz CT molecular complexity index is 2670. The van der Waals surface area contributed by atoms with E-state index in [9.17, 15) is 34.5 Å². The molecule has 4 aliphatic rings. The highest BCUT2D eigenvalue weighted by molar-refractivity contribution is 9.10. The number of carboxylic acid groups (broad SMARTS) is 1. The highest BCUT2D eigenvalue weighted by Crippen LogP contribution is 2.64. The second-order valence-electron chi connectivity index (χ2n) is 15.1. The number of aromatic carboxylic acids is 1. The summed E-state index contributed by atoms with van der Waals surface area (Å²) in [7, 11) is 1.67. The summed E-state index contributed by atoms with van der Waals surface area (Å²) in [6.45, 7) is 3.71. The molecule has 15 heteroatoms. The predicted molar refractivity (Wildman–Crippen MR) is 212 cm³/mol. The Morgan fingerprint density at radius 2 is 1.71 bits per heavy atom. The number of aryl methyl sites for hydroxylation is 2. The molecule has 6 atom stereocenters. The maximum Gasteiger partial charge on any atom is 0.339 e. The van der Waals surface area contributed by atoms with Gasteiger partial charge >= 0.3 is 5.97 Å². The number of aromatic nitrogens is 2. The van der Waals surface area contributed by atoms with Gasteiger partial charge in [0.15, 0.2) is 0 Å². The lowest BCUT2D eigenvalue weighted by Crippen LogP contribution is -2.49. The standard InChI is InChI=1S/C41H32BrClN4O8S/c1-17-24-13-19(43)5-11-31(24)56-35(17)28-16-32(45(3)44-28)47-37(51)27-15-25-21(34(41(27,2)40(47)55)26-12-18(42)4-10-29(26)48)8-9-23-33(25)38(52)46(36(23)50)20-6-7-22(39(53)54)30(49)14-20/h4-8,10-14,16,23,25,27,33-34,48-49H,9,15H2,1-3H3,(H,53,54). The average molecular weight is 856 g/mol. The number of anilines is 2. The number of phenolic OH excluding ortho intramolecular Hbond substituents is 1. The number of rotatable bonds is 5. The van der Waals surface area contributed by atoms with Crippen LogP contribution in [0, 0.1) is 36.0 Å². The molecule has 2 aliphatic heterocycles. The number of amides is 4. The molecular formula is C41H32BrClN4O8S. The van der Waals surface area contributed by atoms with Crippen molar-refractivity contribution in [2.24, 2.45) is 36.1 Å². The number of benzene rings is 3. The SMILES string of the molecule is Cc1c(-c2cc(N3C(=O)C4CC5C(=CCC6C(=O)N(c7ccc(C(=O)O)c(O)c7)C(=O)C65)C(c5cc(Br)ccc5O)C4(C)C3=O)n(C)n2)sc2ccc(Cl)cc12. The molecular weight excluding hydrogens is 824 g/mol. The summed E-state index contributed by atoms with van der Waals surface area (Å²) in [5.41, 5.74) is 0.860. The lowest BCUT2D eigenvalue weighted by molar-refractivity contribution is -0.131. The highest BCUT2D eigenvalue weighted by Gasteiger charge is 2.68. The Hall–Kier alpha value is -5.31. The van der Waals surface area contributed by atoms with E-state index in [1.54, 1.807) is 32.2 Å². The van der Waals surface area contributed by atoms with Crippen molar-refractivity contribution in [3.8, 4) is 22.1 Å². The minimum Gasteiger partial charge on any atom is -0.508 e. The van der Waals surface area contributed by atoms with E-state index in [4.69, 9.17) is 16.7 Å². The van der Waals surface area contributed by atoms with Gasteiger partial charge in [-0.2, -0.15) is 5.10 Å². The quantitative estimate of drug-likeness (QED) is 0.119. The first-order valence-electron chi connectivity index (χ1n) is 17.9. The molecule has 9 rings (SSSR count). The number of carboxylic acids is 1. The molecule has 6 unspecified atom stereocenters. The smallest absolute Gasteiger partial charge is 0.339 e. The third kappa shape index (κ3) is 5.01. The Kier molecular flexibility index (Phi) is 8.18. The van der Waals surface area contributed by atoms with Gasteiger partial charge < -0.3 is 15.3 Å². The Morgan fingerprint density at radius 1 is 0.946 bits per heavy atom. The van der Waals surface area contributed by atoms with Gasteiger partial charge in [0.1, 0.15) is 28.6 Å². The van der Waals surface area contributed by atoms with Gasteiger partial charge in [0.05, 0.1) is 33.7 Å². The fourth-order valence-corrected chi connectivity index (χ4v) is 11.3. The first-order chi connectivity index (χ1) is 26.6. The number of hydrogen-bond acceptors (Lipinski definition) is 9. The van der Waals surface area contributed by atoms with E-state index in [1.807, 2.05) is 31.2 Å². The van der Waals surface area contributed by atoms with Crippen molar-refractivity contribution in [2.45, 2.75) is 32.6 Å². The largest absolute Gasteiger partial charge is 0.508 e. The maximum absolute atomic E-state index is 15.1. The van der Waals surface area contributed by atoms with Crippen molar-refractivity contribution in [1.29, 1.82) is 0 Å². The second kappa shape index (κ2) is 12.6. The van der Waals surface area contributed by atoms with Crippen LogP contribution in [0.25, 0.3) is 20.7 Å². The normalized spacial score (nSPS) is 25.8. The number of phenols is 2. The van der Waals surface area contributed by atoms with Crippen LogP contribution in [0.5, 0.6) is 11.5 Å². The Balaban J connectivity index is 1.15. The van der Waals surface area contributed by atoms with Gasteiger partial charge in [-0.3, -0.25) is 23.9 Å². The fourth-order valence-electron chi connectivity index (χ4n) is 9.64. The van der Waals surface area contributed by atoms with Crippen LogP contribution in [0.1, 0.15) is 47.2 Å². The van der Waals surface area contributed by atoms with Crippen molar-refractivity contribution in [1.82, 2.24) is 9.78 Å². The van der Waals surface area contributed by atoms with Gasteiger partial charge in [-0.25, -0.2) is 14.6 Å². The zero-order valence-electron chi connectivity index (χ0n) is 30.0. The summed E-state index contributed by atoms with van der Waals surface area (Å²) in [6.07, 6.45) is 2.10. The summed E-state index contributed by atoms with van der Waals surface area (Å²) in [4.78, 5) is 73.0. The fraction of sp³-hybridized carbons (Fsp3) is 0.268. The van der Waals surface area contributed by atoms with E-state index < -0.39 is 70.4 Å². The van der Waals surface area contributed by atoms with E-state index in [-0.39, 0.29) is 35.7 Å². The molecule has 12 nitrogen and oxygen atoms in total. The molecule has 3 N–H and O–H groups in total. The van der Waals surface area contributed by atoms with E-state index in [0.29, 0.717) is 26.3 Å². The van der Waals surface area contributed by atoms with E-state index >= 15 is 4.79 Å². The number of imide groups is 2. The zero-order valence-corrected chi connectivity index (χ0v) is 33.1. The molecule has 3 aromatic carbocycles. The number of carbonyl (C=O) groups is 5. The van der Waals surface area contributed by atoms with Crippen LogP contribution in [0.15, 0.2) is 76.8 Å². The number of aromatic hydroxyl groups is 2. The summed E-state index contributed by atoms with van der Waals surface area (Å²) >= 11 is 11.3. The lowest BCUT2D eigenvalue weighted by atomic mass is 9.51. The molecule has 56 heavy (non-hydrogen) atoms. The Labute approximate surface area is 336 Å². The molecule has 2 aromatic heterocycles. The van der Waals surface area contributed by atoms with E-state index in [1.165, 1.54) is 33.1 Å². The molecule has 2 saturated heterocycles. The van der Waals surface area contributed by atoms with E-state index in [2.05, 4.69) is 15.9 Å². The topological polar surface area (TPSA) is 170 Å². The van der Waals surface area contributed by atoms with Crippen LogP contribution in [0.3, 0.4) is 0 Å². The molecule has 1 saturated carbocycles. The Morgan fingerprint density at radius 3 is 2.45 bits per heavy atom. The number of fused-ring (bicyclic) bond motifs is 5. The van der Waals surface area contributed by atoms with Crippen LogP contribution in [-0.2, 0) is 26.2 Å². The van der Waals surface area contributed by atoms with Crippen LogP contribution in [-0.4, -0.2) is 54.7 Å². The number of nitrogens with zero attached hydrogens (tertiary/aromatic N) is 4. The third-order valence-electron chi connectivity index (χ3n) is 12.3. The average Bonchev–Trinajstić information content (AvgIpc) is 3.82. The van der Waals surface area contributed by atoms with E-state index in [0.717, 1.165) is 37.6 Å². The number of halogens is 2. The monoisotopic (exact) mass is 854 g/mol. The van der Waals surface area contributed by atoms with Gasteiger partial charge in [-0.1, -0.05) is 39.2 Å². The molecule has 3 fully saturated rings.